The quantitative estimate of drug-likeness (QED) is 0.698. The number of amides is 2. The van der Waals surface area contributed by atoms with Crippen molar-refractivity contribution in [1.29, 1.82) is 0 Å². The topological polar surface area (TPSA) is 71.1 Å². The lowest BCUT2D eigenvalue weighted by molar-refractivity contribution is -0.132. The van der Waals surface area contributed by atoms with Gasteiger partial charge in [-0.1, -0.05) is 29.8 Å². The van der Waals surface area contributed by atoms with Gasteiger partial charge in [0.15, 0.2) is 0 Å². The SMILES string of the molecule is Cc1cc(Cl)ccc1NC(=O)C(=O)Nc1cccc2cccnc12. The van der Waals surface area contributed by atoms with E-state index in [-0.39, 0.29) is 0 Å². The zero-order valence-electron chi connectivity index (χ0n) is 12.8. The molecule has 0 unspecified atom stereocenters. The highest BCUT2D eigenvalue weighted by atomic mass is 35.5. The predicted octanol–water partition coefficient (Wildman–Crippen LogP) is 3.77. The van der Waals surface area contributed by atoms with E-state index in [0.29, 0.717) is 21.9 Å². The van der Waals surface area contributed by atoms with Crippen molar-refractivity contribution in [2.24, 2.45) is 0 Å². The summed E-state index contributed by atoms with van der Waals surface area (Å²) in [6.07, 6.45) is 1.63. The minimum Gasteiger partial charge on any atom is -0.318 e. The second kappa shape index (κ2) is 6.68. The van der Waals surface area contributed by atoms with E-state index in [0.717, 1.165) is 10.9 Å². The molecule has 6 heteroatoms. The summed E-state index contributed by atoms with van der Waals surface area (Å²) in [5.41, 5.74) is 2.43. The maximum atomic E-state index is 12.2. The van der Waals surface area contributed by atoms with E-state index < -0.39 is 11.8 Å². The Morgan fingerprint density at radius 1 is 0.958 bits per heavy atom. The Hall–Kier alpha value is -2.92. The maximum absolute atomic E-state index is 12.2. The van der Waals surface area contributed by atoms with Crippen LogP contribution < -0.4 is 10.6 Å². The van der Waals surface area contributed by atoms with Gasteiger partial charge in [-0.3, -0.25) is 14.6 Å². The molecule has 0 atom stereocenters. The van der Waals surface area contributed by atoms with Crippen molar-refractivity contribution in [2.45, 2.75) is 6.92 Å². The second-order valence-electron chi connectivity index (χ2n) is 5.25. The van der Waals surface area contributed by atoms with E-state index in [9.17, 15) is 9.59 Å². The molecule has 0 fully saturated rings. The van der Waals surface area contributed by atoms with Gasteiger partial charge in [0.1, 0.15) is 0 Å². The lowest BCUT2D eigenvalue weighted by atomic mass is 10.2. The number of carbonyl (C=O) groups excluding carboxylic acids is 2. The van der Waals surface area contributed by atoms with Crippen LogP contribution in [0.1, 0.15) is 5.56 Å². The molecule has 0 spiro atoms. The number of anilines is 2. The Morgan fingerprint density at radius 3 is 2.42 bits per heavy atom. The van der Waals surface area contributed by atoms with Crippen molar-refractivity contribution >= 4 is 45.7 Å². The number of aryl methyl sites for hydroxylation is 1. The lowest BCUT2D eigenvalue weighted by Crippen LogP contribution is -2.29. The molecule has 3 aromatic rings. The molecule has 3 rings (SSSR count). The second-order valence-corrected chi connectivity index (χ2v) is 5.68. The fourth-order valence-electron chi connectivity index (χ4n) is 2.33. The predicted molar refractivity (Wildman–Crippen MR) is 95.2 cm³/mol. The van der Waals surface area contributed by atoms with E-state index in [1.165, 1.54) is 0 Å². The first kappa shape index (κ1) is 16.0. The van der Waals surface area contributed by atoms with Crippen LogP contribution in [-0.4, -0.2) is 16.8 Å². The van der Waals surface area contributed by atoms with Crippen LogP contribution in [0.5, 0.6) is 0 Å². The normalized spacial score (nSPS) is 10.4. The zero-order chi connectivity index (χ0) is 17.1. The molecule has 0 aliphatic carbocycles. The molecule has 1 heterocycles. The van der Waals surface area contributed by atoms with Gasteiger partial charge in [0.2, 0.25) is 0 Å². The third kappa shape index (κ3) is 3.36. The van der Waals surface area contributed by atoms with E-state index >= 15 is 0 Å². The van der Waals surface area contributed by atoms with Crippen LogP contribution in [-0.2, 0) is 9.59 Å². The van der Waals surface area contributed by atoms with Gasteiger partial charge in [-0.2, -0.15) is 0 Å². The number of aromatic nitrogens is 1. The number of rotatable bonds is 2. The van der Waals surface area contributed by atoms with Crippen molar-refractivity contribution in [2.75, 3.05) is 10.6 Å². The van der Waals surface area contributed by atoms with Crippen LogP contribution in [0.25, 0.3) is 10.9 Å². The standard InChI is InChI=1S/C18H14ClN3O2/c1-11-10-13(19)7-8-14(11)21-17(23)18(24)22-15-6-2-4-12-5-3-9-20-16(12)15/h2-10H,1H3,(H,21,23)(H,22,24). The minimum absolute atomic E-state index is 0.487. The van der Waals surface area contributed by atoms with Gasteiger partial charge in [-0.25, -0.2) is 0 Å². The van der Waals surface area contributed by atoms with E-state index in [4.69, 9.17) is 11.6 Å². The Kier molecular flexibility index (Phi) is 4.44. The summed E-state index contributed by atoms with van der Waals surface area (Å²) in [6, 6.07) is 14.1. The molecule has 0 saturated carbocycles. The van der Waals surface area contributed by atoms with Gasteiger partial charge in [0.25, 0.3) is 0 Å². The van der Waals surface area contributed by atoms with Crippen molar-refractivity contribution < 1.29 is 9.59 Å². The molecule has 2 amide bonds. The lowest BCUT2D eigenvalue weighted by Gasteiger charge is -2.10. The summed E-state index contributed by atoms with van der Waals surface area (Å²) in [7, 11) is 0. The van der Waals surface area contributed by atoms with Gasteiger partial charge in [0.05, 0.1) is 11.2 Å². The van der Waals surface area contributed by atoms with Crippen LogP contribution in [0, 0.1) is 6.92 Å². The number of carbonyl (C=O) groups is 2. The molecule has 2 N–H and O–H groups in total. The number of hydrogen-bond donors (Lipinski definition) is 2. The number of benzene rings is 2. The average Bonchev–Trinajstić information content (AvgIpc) is 2.57. The van der Waals surface area contributed by atoms with Gasteiger partial charge < -0.3 is 10.6 Å². The Balaban J connectivity index is 1.77. The zero-order valence-corrected chi connectivity index (χ0v) is 13.6. The van der Waals surface area contributed by atoms with Crippen molar-refractivity contribution in [3.05, 3.63) is 65.3 Å². The third-order valence-electron chi connectivity index (χ3n) is 3.52. The minimum atomic E-state index is -0.762. The Bertz CT molecular complexity index is 935. The molecule has 1 aromatic heterocycles. The number of nitrogens with one attached hydrogen (secondary N) is 2. The number of halogens is 1. The number of pyridine rings is 1. The summed E-state index contributed by atoms with van der Waals surface area (Å²) in [5, 5.41) is 6.62. The molecule has 0 saturated heterocycles. The monoisotopic (exact) mass is 339 g/mol. The smallest absolute Gasteiger partial charge is 0.314 e. The van der Waals surface area contributed by atoms with Crippen LogP contribution in [0.2, 0.25) is 5.02 Å². The Labute approximate surface area is 143 Å². The van der Waals surface area contributed by atoms with Gasteiger partial charge in [-0.15, -0.1) is 0 Å². The molecule has 0 bridgehead atoms. The molecule has 24 heavy (non-hydrogen) atoms. The highest BCUT2D eigenvalue weighted by Gasteiger charge is 2.16. The largest absolute Gasteiger partial charge is 0.318 e. The van der Waals surface area contributed by atoms with Crippen LogP contribution >= 0.6 is 11.6 Å². The van der Waals surface area contributed by atoms with Crippen LogP contribution in [0.3, 0.4) is 0 Å². The molecule has 0 aliphatic rings. The summed E-state index contributed by atoms with van der Waals surface area (Å²) < 4.78 is 0. The van der Waals surface area contributed by atoms with Crippen molar-refractivity contribution in [1.82, 2.24) is 4.98 Å². The molecule has 0 radical (unpaired) electrons. The number of para-hydroxylation sites is 1. The fourth-order valence-corrected chi connectivity index (χ4v) is 2.56. The first-order valence-electron chi connectivity index (χ1n) is 7.27. The van der Waals surface area contributed by atoms with Crippen molar-refractivity contribution in [3.8, 4) is 0 Å². The van der Waals surface area contributed by atoms with Gasteiger partial charge in [-0.05, 0) is 42.8 Å². The first-order valence-corrected chi connectivity index (χ1v) is 7.64. The summed E-state index contributed by atoms with van der Waals surface area (Å²) in [4.78, 5) is 28.5. The van der Waals surface area contributed by atoms with E-state index in [1.54, 1.807) is 43.5 Å². The summed E-state index contributed by atoms with van der Waals surface area (Å²) >= 11 is 5.88. The molecule has 120 valence electrons. The highest BCUT2D eigenvalue weighted by Crippen LogP contribution is 2.21. The van der Waals surface area contributed by atoms with Gasteiger partial charge >= 0.3 is 11.8 Å². The fraction of sp³-hybridized carbons (Fsp3) is 0.0556. The molecular weight excluding hydrogens is 326 g/mol. The maximum Gasteiger partial charge on any atom is 0.314 e. The summed E-state index contributed by atoms with van der Waals surface area (Å²) in [6.45, 7) is 1.80. The third-order valence-corrected chi connectivity index (χ3v) is 3.76. The van der Waals surface area contributed by atoms with Gasteiger partial charge in [0, 0.05) is 22.3 Å². The number of fused-ring (bicyclic) bond motifs is 1. The van der Waals surface area contributed by atoms with Crippen LogP contribution in [0.4, 0.5) is 11.4 Å². The van der Waals surface area contributed by atoms with E-state index in [2.05, 4.69) is 15.6 Å². The highest BCUT2D eigenvalue weighted by molar-refractivity contribution is 6.44. The molecule has 0 aliphatic heterocycles. The first-order chi connectivity index (χ1) is 11.5. The van der Waals surface area contributed by atoms with E-state index in [1.807, 2.05) is 18.2 Å². The number of nitrogens with zero attached hydrogens (tertiary/aromatic N) is 1. The molecular formula is C18H14ClN3O2. The average molecular weight is 340 g/mol. The van der Waals surface area contributed by atoms with Crippen LogP contribution in [0.15, 0.2) is 54.7 Å². The molecule has 2 aromatic carbocycles. The van der Waals surface area contributed by atoms with Crippen molar-refractivity contribution in [3.63, 3.8) is 0 Å². The summed E-state index contributed by atoms with van der Waals surface area (Å²) in [5.74, 6) is -1.52. The molecule has 5 nitrogen and oxygen atoms in total. The Morgan fingerprint density at radius 2 is 1.67 bits per heavy atom. The number of hydrogen-bond acceptors (Lipinski definition) is 3.